The summed E-state index contributed by atoms with van der Waals surface area (Å²) in [4.78, 5) is 22.7. The highest BCUT2D eigenvalue weighted by Gasteiger charge is 2.13. The van der Waals surface area contributed by atoms with Gasteiger partial charge in [0.1, 0.15) is 6.29 Å². The SMILES string of the molecule is Cc1ccccc1CC(C=O)c1ccc(=O)n(C)c1. The van der Waals surface area contributed by atoms with Crippen LogP contribution in [0.3, 0.4) is 0 Å². The topological polar surface area (TPSA) is 39.1 Å². The van der Waals surface area contributed by atoms with Gasteiger partial charge in [-0.1, -0.05) is 30.3 Å². The number of pyridine rings is 1. The minimum Gasteiger partial charge on any atom is -0.318 e. The number of hydrogen-bond donors (Lipinski definition) is 0. The molecule has 0 aliphatic carbocycles. The molecule has 19 heavy (non-hydrogen) atoms. The summed E-state index contributed by atoms with van der Waals surface area (Å²) in [6, 6.07) is 11.3. The third kappa shape index (κ3) is 2.99. The van der Waals surface area contributed by atoms with Crippen LogP contribution in [-0.2, 0) is 18.3 Å². The fourth-order valence-corrected chi connectivity index (χ4v) is 2.16. The van der Waals surface area contributed by atoms with Gasteiger partial charge in [-0.15, -0.1) is 0 Å². The van der Waals surface area contributed by atoms with E-state index < -0.39 is 0 Å². The van der Waals surface area contributed by atoms with E-state index >= 15 is 0 Å². The Labute approximate surface area is 112 Å². The molecule has 1 aromatic carbocycles. The first-order valence-corrected chi connectivity index (χ1v) is 6.28. The Morgan fingerprint density at radius 2 is 1.95 bits per heavy atom. The maximum absolute atomic E-state index is 11.4. The zero-order valence-electron chi connectivity index (χ0n) is 11.2. The summed E-state index contributed by atoms with van der Waals surface area (Å²) in [7, 11) is 1.70. The maximum Gasteiger partial charge on any atom is 0.250 e. The molecule has 3 heteroatoms. The smallest absolute Gasteiger partial charge is 0.250 e. The van der Waals surface area contributed by atoms with Crippen LogP contribution in [0.25, 0.3) is 0 Å². The summed E-state index contributed by atoms with van der Waals surface area (Å²) >= 11 is 0. The van der Waals surface area contributed by atoms with E-state index in [1.165, 1.54) is 16.2 Å². The molecule has 1 heterocycles. The fourth-order valence-electron chi connectivity index (χ4n) is 2.16. The van der Waals surface area contributed by atoms with E-state index in [2.05, 4.69) is 0 Å². The number of aldehydes is 1. The van der Waals surface area contributed by atoms with Crippen molar-refractivity contribution in [3.63, 3.8) is 0 Å². The van der Waals surface area contributed by atoms with Crippen LogP contribution in [-0.4, -0.2) is 10.9 Å². The molecule has 0 N–H and O–H groups in total. The van der Waals surface area contributed by atoms with Crippen molar-refractivity contribution in [2.75, 3.05) is 0 Å². The minimum atomic E-state index is -0.215. The lowest BCUT2D eigenvalue weighted by molar-refractivity contribution is -0.109. The van der Waals surface area contributed by atoms with E-state index in [0.717, 1.165) is 17.4 Å². The van der Waals surface area contributed by atoms with Crippen LogP contribution >= 0.6 is 0 Å². The van der Waals surface area contributed by atoms with Gasteiger partial charge < -0.3 is 9.36 Å². The number of benzene rings is 1. The van der Waals surface area contributed by atoms with E-state index in [0.29, 0.717) is 6.42 Å². The van der Waals surface area contributed by atoms with E-state index in [1.807, 2.05) is 31.2 Å². The molecular weight excluding hydrogens is 238 g/mol. The van der Waals surface area contributed by atoms with Crippen LogP contribution in [0.5, 0.6) is 0 Å². The monoisotopic (exact) mass is 255 g/mol. The van der Waals surface area contributed by atoms with E-state index in [-0.39, 0.29) is 11.5 Å². The number of aryl methyl sites for hydroxylation is 2. The summed E-state index contributed by atoms with van der Waals surface area (Å²) in [5.41, 5.74) is 3.15. The van der Waals surface area contributed by atoms with E-state index in [4.69, 9.17) is 0 Å². The van der Waals surface area contributed by atoms with Crippen molar-refractivity contribution >= 4 is 6.29 Å². The molecule has 0 saturated heterocycles. The highest BCUT2D eigenvalue weighted by molar-refractivity contribution is 5.62. The molecule has 0 bridgehead atoms. The maximum atomic E-state index is 11.4. The summed E-state index contributed by atoms with van der Waals surface area (Å²) in [5.74, 6) is -0.215. The Morgan fingerprint density at radius 1 is 1.21 bits per heavy atom. The van der Waals surface area contributed by atoms with Gasteiger partial charge in [-0.3, -0.25) is 4.79 Å². The zero-order valence-corrected chi connectivity index (χ0v) is 11.2. The van der Waals surface area contributed by atoms with Crippen molar-refractivity contribution in [2.24, 2.45) is 7.05 Å². The molecule has 0 amide bonds. The second-order valence-corrected chi connectivity index (χ2v) is 4.78. The second kappa shape index (κ2) is 5.65. The lowest BCUT2D eigenvalue weighted by Crippen LogP contribution is -2.17. The lowest BCUT2D eigenvalue weighted by Gasteiger charge is -2.13. The molecule has 3 nitrogen and oxygen atoms in total. The Bertz CT molecular complexity index is 643. The Morgan fingerprint density at radius 3 is 2.58 bits per heavy atom. The third-order valence-electron chi connectivity index (χ3n) is 3.40. The van der Waals surface area contributed by atoms with Crippen molar-refractivity contribution in [1.82, 2.24) is 4.57 Å². The van der Waals surface area contributed by atoms with Gasteiger partial charge in [-0.05, 0) is 30.0 Å². The normalized spacial score (nSPS) is 12.1. The fraction of sp³-hybridized carbons (Fsp3) is 0.250. The second-order valence-electron chi connectivity index (χ2n) is 4.78. The van der Waals surface area contributed by atoms with Crippen LogP contribution < -0.4 is 5.56 Å². The molecule has 2 rings (SSSR count). The molecule has 0 saturated carbocycles. The van der Waals surface area contributed by atoms with Crippen LogP contribution in [0.4, 0.5) is 0 Å². The molecule has 0 aliphatic rings. The molecule has 1 unspecified atom stereocenters. The van der Waals surface area contributed by atoms with Gasteiger partial charge in [0.15, 0.2) is 0 Å². The molecule has 1 atom stereocenters. The van der Waals surface area contributed by atoms with E-state index in [9.17, 15) is 9.59 Å². The molecule has 0 spiro atoms. The van der Waals surface area contributed by atoms with Crippen molar-refractivity contribution < 1.29 is 4.79 Å². The number of nitrogens with zero attached hydrogens (tertiary/aromatic N) is 1. The van der Waals surface area contributed by atoms with Crippen LogP contribution in [0, 0.1) is 6.92 Å². The van der Waals surface area contributed by atoms with Crippen LogP contribution in [0.2, 0.25) is 0 Å². The molecule has 2 aromatic rings. The van der Waals surface area contributed by atoms with Gasteiger partial charge in [0.05, 0.1) is 0 Å². The van der Waals surface area contributed by atoms with E-state index in [1.54, 1.807) is 19.3 Å². The number of aromatic nitrogens is 1. The van der Waals surface area contributed by atoms with Crippen LogP contribution in [0.15, 0.2) is 47.4 Å². The highest BCUT2D eigenvalue weighted by Crippen LogP contribution is 2.20. The van der Waals surface area contributed by atoms with Crippen molar-refractivity contribution in [1.29, 1.82) is 0 Å². The Balaban J connectivity index is 2.30. The molecule has 1 aromatic heterocycles. The first kappa shape index (κ1) is 13.3. The summed E-state index contributed by atoms with van der Waals surface area (Å²) in [6.45, 7) is 2.04. The number of carbonyl (C=O) groups is 1. The quantitative estimate of drug-likeness (QED) is 0.786. The standard InChI is InChI=1S/C16H17NO2/c1-12-5-3-4-6-13(12)9-15(11-18)14-7-8-16(19)17(2)10-14/h3-8,10-11,15H,9H2,1-2H3. The number of carbonyl (C=O) groups excluding carboxylic acids is 1. The zero-order chi connectivity index (χ0) is 13.8. The van der Waals surface area contributed by atoms with Gasteiger partial charge >= 0.3 is 0 Å². The van der Waals surface area contributed by atoms with Gasteiger partial charge in [-0.2, -0.15) is 0 Å². The van der Waals surface area contributed by atoms with Crippen molar-refractivity contribution in [3.05, 3.63) is 69.6 Å². The lowest BCUT2D eigenvalue weighted by atomic mass is 9.92. The first-order valence-electron chi connectivity index (χ1n) is 6.28. The number of rotatable bonds is 4. The van der Waals surface area contributed by atoms with Gasteiger partial charge in [0.25, 0.3) is 0 Å². The predicted molar refractivity (Wildman–Crippen MR) is 75.4 cm³/mol. The number of hydrogen-bond acceptors (Lipinski definition) is 2. The highest BCUT2D eigenvalue weighted by atomic mass is 16.1. The predicted octanol–water partition coefficient (Wildman–Crippen LogP) is 2.22. The minimum absolute atomic E-state index is 0.0655. The molecule has 0 radical (unpaired) electrons. The average Bonchev–Trinajstić information content (AvgIpc) is 2.41. The summed E-state index contributed by atoms with van der Waals surface area (Å²) in [6.07, 6.45) is 3.35. The summed E-state index contributed by atoms with van der Waals surface area (Å²) in [5, 5.41) is 0. The average molecular weight is 255 g/mol. The Hall–Kier alpha value is -2.16. The molecular formula is C16H17NO2. The molecule has 98 valence electrons. The molecule has 0 aliphatic heterocycles. The van der Waals surface area contributed by atoms with Crippen molar-refractivity contribution in [2.45, 2.75) is 19.3 Å². The van der Waals surface area contributed by atoms with Gasteiger partial charge in [-0.25, -0.2) is 0 Å². The van der Waals surface area contributed by atoms with Gasteiger partial charge in [0, 0.05) is 25.2 Å². The largest absolute Gasteiger partial charge is 0.318 e. The molecule has 0 fully saturated rings. The van der Waals surface area contributed by atoms with Gasteiger partial charge in [0.2, 0.25) is 5.56 Å². The summed E-state index contributed by atoms with van der Waals surface area (Å²) < 4.78 is 1.50. The third-order valence-corrected chi connectivity index (χ3v) is 3.40. The first-order chi connectivity index (χ1) is 9.11. The van der Waals surface area contributed by atoms with Crippen molar-refractivity contribution in [3.8, 4) is 0 Å². The Kier molecular flexibility index (Phi) is 3.95. The van der Waals surface area contributed by atoms with Crippen LogP contribution in [0.1, 0.15) is 22.6 Å².